The topological polar surface area (TPSA) is 18.5 Å². The molecule has 1 N–H and O–H groups in total. The first-order valence-corrected chi connectivity index (χ1v) is 7.57. The average molecular weight is 239 g/mol. The molecule has 0 saturated carbocycles. The molecular formula is C14H29N3. The van der Waals surface area contributed by atoms with E-state index in [2.05, 4.69) is 22.0 Å². The van der Waals surface area contributed by atoms with Crippen molar-refractivity contribution in [3.8, 4) is 0 Å². The van der Waals surface area contributed by atoms with E-state index < -0.39 is 0 Å². The zero-order chi connectivity index (χ0) is 11.9. The van der Waals surface area contributed by atoms with Crippen LogP contribution in [0.15, 0.2) is 0 Å². The first-order chi connectivity index (χ1) is 8.40. The lowest BCUT2D eigenvalue weighted by atomic mass is 10.1. The van der Waals surface area contributed by atoms with Crippen LogP contribution in [0.1, 0.15) is 39.0 Å². The van der Waals surface area contributed by atoms with Crippen LogP contribution in [0.25, 0.3) is 0 Å². The molecular weight excluding hydrogens is 210 g/mol. The lowest BCUT2D eigenvalue weighted by molar-refractivity contribution is 0.187. The zero-order valence-electron chi connectivity index (χ0n) is 11.5. The molecule has 1 atom stereocenters. The summed E-state index contributed by atoms with van der Waals surface area (Å²) in [7, 11) is 0. The number of nitrogens with one attached hydrogen (secondary N) is 1. The average Bonchev–Trinajstić information content (AvgIpc) is 2.71. The van der Waals surface area contributed by atoms with E-state index in [0.717, 1.165) is 6.04 Å². The summed E-state index contributed by atoms with van der Waals surface area (Å²) in [6.45, 7) is 11.2. The van der Waals surface area contributed by atoms with Crippen molar-refractivity contribution in [2.75, 3.05) is 45.8 Å². The maximum atomic E-state index is 3.51. The number of hydrogen-bond acceptors (Lipinski definition) is 3. The van der Waals surface area contributed by atoms with Crippen molar-refractivity contribution in [3.63, 3.8) is 0 Å². The van der Waals surface area contributed by atoms with Crippen LogP contribution in [0.4, 0.5) is 0 Å². The van der Waals surface area contributed by atoms with E-state index in [-0.39, 0.29) is 0 Å². The minimum atomic E-state index is 0.858. The van der Waals surface area contributed by atoms with Crippen molar-refractivity contribution in [3.05, 3.63) is 0 Å². The predicted molar refractivity (Wildman–Crippen MR) is 73.4 cm³/mol. The molecule has 0 aromatic rings. The van der Waals surface area contributed by atoms with Crippen molar-refractivity contribution in [2.24, 2.45) is 0 Å². The van der Waals surface area contributed by atoms with Crippen LogP contribution in [0.3, 0.4) is 0 Å². The summed E-state index contributed by atoms with van der Waals surface area (Å²) in [5.74, 6) is 0. The molecule has 0 radical (unpaired) electrons. The van der Waals surface area contributed by atoms with Gasteiger partial charge >= 0.3 is 0 Å². The van der Waals surface area contributed by atoms with Crippen molar-refractivity contribution >= 4 is 0 Å². The molecule has 0 aliphatic carbocycles. The normalized spacial score (nSPS) is 29.8. The maximum absolute atomic E-state index is 3.51. The van der Waals surface area contributed by atoms with E-state index in [1.807, 2.05) is 0 Å². The summed E-state index contributed by atoms with van der Waals surface area (Å²) >= 11 is 0. The fraction of sp³-hybridized carbons (Fsp3) is 1.00. The van der Waals surface area contributed by atoms with Crippen LogP contribution in [0.2, 0.25) is 0 Å². The Morgan fingerprint density at radius 3 is 2.82 bits per heavy atom. The van der Waals surface area contributed by atoms with E-state index in [1.54, 1.807) is 0 Å². The third-order valence-corrected chi connectivity index (χ3v) is 4.22. The highest BCUT2D eigenvalue weighted by Crippen LogP contribution is 2.17. The van der Waals surface area contributed by atoms with Crippen LogP contribution in [0, 0.1) is 0 Å². The van der Waals surface area contributed by atoms with Crippen LogP contribution in [-0.4, -0.2) is 61.7 Å². The number of nitrogens with zero attached hydrogens (tertiary/aromatic N) is 2. The molecule has 2 saturated heterocycles. The first-order valence-electron chi connectivity index (χ1n) is 7.57. The minimum Gasteiger partial charge on any atom is -0.315 e. The van der Waals surface area contributed by atoms with Crippen molar-refractivity contribution < 1.29 is 0 Å². The van der Waals surface area contributed by atoms with Gasteiger partial charge in [-0.3, -0.25) is 4.90 Å². The van der Waals surface area contributed by atoms with Gasteiger partial charge in [0.2, 0.25) is 0 Å². The van der Waals surface area contributed by atoms with Gasteiger partial charge < -0.3 is 10.2 Å². The first kappa shape index (κ1) is 13.3. The van der Waals surface area contributed by atoms with Gasteiger partial charge in [0.15, 0.2) is 0 Å². The van der Waals surface area contributed by atoms with E-state index >= 15 is 0 Å². The monoisotopic (exact) mass is 239 g/mol. The van der Waals surface area contributed by atoms with E-state index in [0.29, 0.717) is 0 Å². The van der Waals surface area contributed by atoms with E-state index in [9.17, 15) is 0 Å². The Bertz CT molecular complexity index is 200. The molecule has 2 heterocycles. The third-order valence-electron chi connectivity index (χ3n) is 4.22. The summed E-state index contributed by atoms with van der Waals surface area (Å²) in [4.78, 5) is 5.41. The van der Waals surface area contributed by atoms with Gasteiger partial charge in [-0.15, -0.1) is 0 Å². The van der Waals surface area contributed by atoms with Gasteiger partial charge in [-0.2, -0.15) is 0 Å². The molecule has 3 nitrogen and oxygen atoms in total. The summed E-state index contributed by atoms with van der Waals surface area (Å²) in [6, 6.07) is 0.858. The molecule has 3 heteroatoms. The number of likely N-dealkylation sites (tertiary alicyclic amines) is 1. The Labute approximate surface area is 107 Å². The lowest BCUT2D eigenvalue weighted by Gasteiger charge is -2.29. The fourth-order valence-corrected chi connectivity index (χ4v) is 3.28. The summed E-state index contributed by atoms with van der Waals surface area (Å²) in [5, 5.41) is 3.51. The standard InChI is InChI=1S/C14H29N3/c1-2-9-16-10-3-5-14(6-12-16)17-11-4-7-15-8-13-17/h14-15H,2-13H2,1H3. The molecule has 0 spiro atoms. The highest BCUT2D eigenvalue weighted by molar-refractivity contribution is 4.79. The lowest BCUT2D eigenvalue weighted by Crippen LogP contribution is -2.38. The third kappa shape index (κ3) is 4.23. The van der Waals surface area contributed by atoms with Crippen LogP contribution in [0.5, 0.6) is 0 Å². The predicted octanol–water partition coefficient (Wildman–Crippen LogP) is 1.55. The van der Waals surface area contributed by atoms with Gasteiger partial charge in [-0.1, -0.05) is 6.92 Å². The molecule has 17 heavy (non-hydrogen) atoms. The van der Waals surface area contributed by atoms with Gasteiger partial charge in [-0.05, 0) is 64.8 Å². The highest BCUT2D eigenvalue weighted by Gasteiger charge is 2.22. The van der Waals surface area contributed by atoms with Crippen molar-refractivity contribution in [1.29, 1.82) is 0 Å². The van der Waals surface area contributed by atoms with E-state index in [1.165, 1.54) is 77.9 Å². The van der Waals surface area contributed by atoms with Gasteiger partial charge in [0.25, 0.3) is 0 Å². The second-order valence-electron chi connectivity index (χ2n) is 5.57. The number of rotatable bonds is 3. The molecule has 100 valence electrons. The zero-order valence-corrected chi connectivity index (χ0v) is 11.5. The Morgan fingerprint density at radius 2 is 1.94 bits per heavy atom. The molecule has 0 aromatic carbocycles. The molecule has 2 aliphatic heterocycles. The maximum Gasteiger partial charge on any atom is 0.0110 e. The Kier molecular flexibility index (Phi) is 5.75. The summed E-state index contributed by atoms with van der Waals surface area (Å²) in [5.41, 5.74) is 0. The molecule has 0 amide bonds. The second-order valence-corrected chi connectivity index (χ2v) is 5.57. The Morgan fingerprint density at radius 1 is 1.00 bits per heavy atom. The van der Waals surface area contributed by atoms with Crippen LogP contribution < -0.4 is 5.32 Å². The van der Waals surface area contributed by atoms with Crippen molar-refractivity contribution in [1.82, 2.24) is 15.1 Å². The smallest absolute Gasteiger partial charge is 0.0110 e. The van der Waals surface area contributed by atoms with Crippen molar-refractivity contribution in [2.45, 2.75) is 45.1 Å². The number of hydrogen-bond donors (Lipinski definition) is 1. The summed E-state index contributed by atoms with van der Waals surface area (Å²) < 4.78 is 0. The van der Waals surface area contributed by atoms with Crippen LogP contribution in [-0.2, 0) is 0 Å². The second kappa shape index (κ2) is 7.34. The summed E-state index contributed by atoms with van der Waals surface area (Å²) in [6.07, 6.45) is 6.84. The molecule has 2 fully saturated rings. The highest BCUT2D eigenvalue weighted by atomic mass is 15.2. The van der Waals surface area contributed by atoms with E-state index in [4.69, 9.17) is 0 Å². The van der Waals surface area contributed by atoms with Gasteiger partial charge in [0.05, 0.1) is 0 Å². The SMILES string of the molecule is CCCN1CCCC(N2CCCNCC2)CC1. The molecule has 1 unspecified atom stereocenters. The quantitative estimate of drug-likeness (QED) is 0.806. The van der Waals surface area contributed by atoms with Gasteiger partial charge in [0.1, 0.15) is 0 Å². The Balaban J connectivity index is 1.80. The molecule has 2 rings (SSSR count). The minimum absolute atomic E-state index is 0.858. The van der Waals surface area contributed by atoms with Gasteiger partial charge in [0, 0.05) is 19.1 Å². The fourth-order valence-electron chi connectivity index (χ4n) is 3.28. The molecule has 0 aromatic heterocycles. The van der Waals surface area contributed by atoms with Gasteiger partial charge in [-0.25, -0.2) is 0 Å². The largest absolute Gasteiger partial charge is 0.315 e. The van der Waals surface area contributed by atoms with Crippen LogP contribution >= 0.6 is 0 Å². The molecule has 0 bridgehead atoms. The molecule has 2 aliphatic rings. The Hall–Kier alpha value is -0.120.